The van der Waals surface area contributed by atoms with Crippen LogP contribution in [-0.4, -0.2) is 31.7 Å². The van der Waals surface area contributed by atoms with E-state index < -0.39 is 15.8 Å². The third kappa shape index (κ3) is 4.59. The van der Waals surface area contributed by atoms with Crippen LogP contribution in [0.3, 0.4) is 0 Å². The molecule has 0 amide bonds. The van der Waals surface area contributed by atoms with Gasteiger partial charge in [-0.3, -0.25) is 4.72 Å². The maximum atomic E-state index is 13.4. The van der Waals surface area contributed by atoms with Crippen molar-refractivity contribution in [2.75, 3.05) is 22.7 Å². The monoisotopic (exact) mass is 426 g/mol. The predicted molar refractivity (Wildman–Crippen MR) is 115 cm³/mol. The van der Waals surface area contributed by atoms with Crippen molar-refractivity contribution >= 4 is 21.5 Å². The number of nitrogens with one attached hydrogen (secondary N) is 1. The summed E-state index contributed by atoms with van der Waals surface area (Å²) >= 11 is 0. The van der Waals surface area contributed by atoms with E-state index in [0.717, 1.165) is 49.3 Å². The van der Waals surface area contributed by atoms with E-state index in [0.29, 0.717) is 11.4 Å². The van der Waals surface area contributed by atoms with E-state index in [2.05, 4.69) is 26.7 Å². The van der Waals surface area contributed by atoms with Gasteiger partial charge < -0.3 is 4.90 Å². The maximum Gasteiger partial charge on any atom is 0.261 e. The second kappa shape index (κ2) is 8.39. The largest absolute Gasteiger partial charge is 0.355 e. The average Bonchev–Trinajstić information content (AvgIpc) is 2.74. The SMILES string of the molecule is CC1CCN(c2ccc(-c3cccc(NS(=O)(=O)c4cccc(F)c4)c3)nn2)CC1. The minimum absolute atomic E-state index is 0.132. The van der Waals surface area contributed by atoms with E-state index in [1.807, 2.05) is 18.2 Å². The zero-order valence-electron chi connectivity index (χ0n) is 16.6. The lowest BCUT2D eigenvalue weighted by molar-refractivity contribution is 0.436. The lowest BCUT2D eigenvalue weighted by Crippen LogP contribution is -2.33. The first-order valence-electron chi connectivity index (χ1n) is 9.88. The molecule has 1 aliphatic heterocycles. The summed E-state index contributed by atoms with van der Waals surface area (Å²) in [7, 11) is -3.89. The van der Waals surface area contributed by atoms with Crippen LogP contribution in [0.4, 0.5) is 15.9 Å². The van der Waals surface area contributed by atoms with E-state index in [1.54, 1.807) is 18.2 Å². The first kappa shape index (κ1) is 20.3. The molecule has 3 aromatic rings. The number of aromatic nitrogens is 2. The summed E-state index contributed by atoms with van der Waals surface area (Å²) in [6, 6.07) is 15.6. The number of piperidine rings is 1. The van der Waals surface area contributed by atoms with Crippen molar-refractivity contribution < 1.29 is 12.8 Å². The lowest BCUT2D eigenvalue weighted by atomic mass is 9.99. The molecule has 8 heteroatoms. The highest BCUT2D eigenvalue weighted by molar-refractivity contribution is 7.92. The highest BCUT2D eigenvalue weighted by atomic mass is 32.2. The fourth-order valence-electron chi connectivity index (χ4n) is 3.48. The van der Waals surface area contributed by atoms with Crippen molar-refractivity contribution in [3.8, 4) is 11.3 Å². The molecular formula is C22H23FN4O2S. The van der Waals surface area contributed by atoms with Crippen LogP contribution in [0.5, 0.6) is 0 Å². The van der Waals surface area contributed by atoms with Crippen LogP contribution in [-0.2, 0) is 10.0 Å². The Bertz CT molecular complexity index is 1130. The van der Waals surface area contributed by atoms with Crippen LogP contribution >= 0.6 is 0 Å². The van der Waals surface area contributed by atoms with Gasteiger partial charge in [-0.15, -0.1) is 10.2 Å². The van der Waals surface area contributed by atoms with Gasteiger partial charge in [0.2, 0.25) is 0 Å². The van der Waals surface area contributed by atoms with Crippen molar-refractivity contribution in [3.63, 3.8) is 0 Å². The molecule has 6 nitrogen and oxygen atoms in total. The van der Waals surface area contributed by atoms with Gasteiger partial charge in [-0.05, 0) is 61.2 Å². The van der Waals surface area contributed by atoms with Gasteiger partial charge in [-0.2, -0.15) is 0 Å². The quantitative estimate of drug-likeness (QED) is 0.658. The molecule has 0 radical (unpaired) electrons. The molecule has 0 aliphatic carbocycles. The van der Waals surface area contributed by atoms with Crippen molar-refractivity contribution in [3.05, 3.63) is 66.5 Å². The van der Waals surface area contributed by atoms with Crippen LogP contribution in [0.1, 0.15) is 19.8 Å². The molecule has 0 saturated carbocycles. The third-order valence-electron chi connectivity index (χ3n) is 5.28. The van der Waals surface area contributed by atoms with E-state index in [1.165, 1.54) is 18.2 Å². The summed E-state index contributed by atoms with van der Waals surface area (Å²) < 4.78 is 41.0. The molecule has 0 unspecified atom stereocenters. The van der Waals surface area contributed by atoms with Crippen molar-refractivity contribution in [1.82, 2.24) is 10.2 Å². The normalized spacial score (nSPS) is 15.2. The standard InChI is InChI=1S/C22H23FN4O2S/c1-16-10-12-27(13-11-16)22-9-8-21(24-25-22)17-4-2-6-19(14-17)26-30(28,29)20-7-3-5-18(23)15-20/h2-9,14-16,26H,10-13H2,1H3. The number of hydrogen-bond donors (Lipinski definition) is 1. The van der Waals surface area contributed by atoms with E-state index in [4.69, 9.17) is 0 Å². The Kier molecular flexibility index (Phi) is 5.67. The molecule has 156 valence electrons. The smallest absolute Gasteiger partial charge is 0.261 e. The summed E-state index contributed by atoms with van der Waals surface area (Å²) in [5, 5.41) is 8.69. The number of halogens is 1. The Labute approximate surface area is 175 Å². The topological polar surface area (TPSA) is 75.2 Å². The Morgan fingerprint density at radius 2 is 1.77 bits per heavy atom. The molecule has 0 bridgehead atoms. The number of nitrogens with zero attached hydrogens (tertiary/aromatic N) is 3. The lowest BCUT2D eigenvalue weighted by Gasteiger charge is -2.30. The van der Waals surface area contributed by atoms with Gasteiger partial charge in [-0.25, -0.2) is 12.8 Å². The van der Waals surface area contributed by atoms with Gasteiger partial charge in [0.1, 0.15) is 5.82 Å². The van der Waals surface area contributed by atoms with Gasteiger partial charge in [-0.1, -0.05) is 25.1 Å². The van der Waals surface area contributed by atoms with Gasteiger partial charge in [0.25, 0.3) is 10.0 Å². The Hall–Kier alpha value is -3.00. The minimum Gasteiger partial charge on any atom is -0.355 e. The van der Waals surface area contributed by atoms with E-state index in [9.17, 15) is 12.8 Å². The van der Waals surface area contributed by atoms with Gasteiger partial charge in [0.15, 0.2) is 5.82 Å². The molecular weight excluding hydrogens is 403 g/mol. The van der Waals surface area contributed by atoms with Crippen LogP contribution in [0.2, 0.25) is 0 Å². The fourth-order valence-corrected chi connectivity index (χ4v) is 4.56. The number of sulfonamides is 1. The van der Waals surface area contributed by atoms with Crippen LogP contribution in [0, 0.1) is 11.7 Å². The van der Waals surface area contributed by atoms with Crippen LogP contribution in [0.15, 0.2) is 65.6 Å². The highest BCUT2D eigenvalue weighted by Gasteiger charge is 2.18. The second-order valence-corrected chi connectivity index (χ2v) is 9.27. The molecule has 1 fully saturated rings. The summed E-state index contributed by atoms with van der Waals surface area (Å²) in [6.07, 6.45) is 2.30. The van der Waals surface area contributed by atoms with Gasteiger partial charge in [0.05, 0.1) is 10.6 Å². The third-order valence-corrected chi connectivity index (χ3v) is 6.65. The summed E-state index contributed by atoms with van der Waals surface area (Å²) in [4.78, 5) is 2.10. The Morgan fingerprint density at radius 1 is 1.00 bits per heavy atom. The van der Waals surface area contributed by atoms with E-state index >= 15 is 0 Å². The van der Waals surface area contributed by atoms with Crippen molar-refractivity contribution in [2.24, 2.45) is 5.92 Å². The molecule has 2 heterocycles. The van der Waals surface area contributed by atoms with Gasteiger partial charge >= 0.3 is 0 Å². The molecule has 1 aromatic heterocycles. The maximum absolute atomic E-state index is 13.4. The molecule has 4 rings (SSSR count). The molecule has 1 N–H and O–H groups in total. The minimum atomic E-state index is -3.89. The number of hydrogen-bond acceptors (Lipinski definition) is 5. The fraction of sp³-hybridized carbons (Fsp3) is 0.273. The Balaban J connectivity index is 1.52. The zero-order valence-corrected chi connectivity index (χ0v) is 17.4. The zero-order chi connectivity index (χ0) is 21.1. The first-order chi connectivity index (χ1) is 14.4. The van der Waals surface area contributed by atoms with Gasteiger partial charge in [0, 0.05) is 24.3 Å². The molecule has 1 aliphatic rings. The number of anilines is 2. The summed E-state index contributed by atoms with van der Waals surface area (Å²) in [5.74, 6) is 0.992. The van der Waals surface area contributed by atoms with Crippen LogP contribution in [0.25, 0.3) is 11.3 Å². The summed E-state index contributed by atoms with van der Waals surface area (Å²) in [6.45, 7) is 4.22. The number of benzene rings is 2. The first-order valence-corrected chi connectivity index (χ1v) is 11.4. The Morgan fingerprint density at radius 3 is 2.47 bits per heavy atom. The molecule has 0 spiro atoms. The molecule has 2 aromatic carbocycles. The van der Waals surface area contributed by atoms with Crippen LogP contribution < -0.4 is 9.62 Å². The summed E-state index contributed by atoms with van der Waals surface area (Å²) in [5.41, 5.74) is 1.75. The second-order valence-electron chi connectivity index (χ2n) is 7.59. The average molecular weight is 427 g/mol. The van der Waals surface area contributed by atoms with Crippen molar-refractivity contribution in [2.45, 2.75) is 24.7 Å². The predicted octanol–water partition coefficient (Wildman–Crippen LogP) is 4.32. The molecule has 30 heavy (non-hydrogen) atoms. The molecule has 0 atom stereocenters. The van der Waals surface area contributed by atoms with Crippen molar-refractivity contribution in [1.29, 1.82) is 0 Å². The van der Waals surface area contributed by atoms with E-state index in [-0.39, 0.29) is 4.90 Å². The molecule has 1 saturated heterocycles. The highest BCUT2D eigenvalue weighted by Crippen LogP contribution is 2.25. The number of rotatable bonds is 5.